The number of nitrogens with two attached hydrogens (primary N) is 1. The number of amides is 1. The number of halogens is 3. The topological polar surface area (TPSA) is 109 Å². The molecule has 4 N–H and O–H groups in total. The first-order chi connectivity index (χ1) is 16.3. The molecule has 0 saturated heterocycles. The molecular formula is C24H23F3N6O. The van der Waals surface area contributed by atoms with E-state index in [-0.39, 0.29) is 23.8 Å². The van der Waals surface area contributed by atoms with Crippen LogP contribution >= 0.6 is 0 Å². The standard InChI is InChI=1S/C24H23F3N6O/c25-15-1-3-16(4-2-15)31-23-19(22(29)34)14-33(32-23)24(11-12-28)9-7-17(8-10-24)30-18-5-6-20(26)21(27)13-18/h1-6,13-14,17,30H,7-11H2,(H2,29,34)(H,31,32). The van der Waals surface area contributed by atoms with Crippen molar-refractivity contribution in [1.82, 2.24) is 9.78 Å². The normalized spacial score (nSPS) is 19.9. The van der Waals surface area contributed by atoms with Crippen molar-refractivity contribution >= 4 is 23.1 Å². The molecule has 1 aromatic heterocycles. The molecule has 1 saturated carbocycles. The predicted octanol–water partition coefficient (Wildman–Crippen LogP) is 4.81. The second kappa shape index (κ2) is 9.47. The highest BCUT2D eigenvalue weighted by atomic mass is 19.2. The molecule has 0 atom stereocenters. The van der Waals surface area contributed by atoms with Crippen molar-refractivity contribution in [3.63, 3.8) is 0 Å². The lowest BCUT2D eigenvalue weighted by atomic mass is 9.77. The molecular weight excluding hydrogens is 445 g/mol. The van der Waals surface area contributed by atoms with Gasteiger partial charge in [-0.1, -0.05) is 0 Å². The molecule has 0 unspecified atom stereocenters. The fourth-order valence-corrected chi connectivity index (χ4v) is 4.31. The maximum atomic E-state index is 13.5. The molecule has 0 aliphatic heterocycles. The summed E-state index contributed by atoms with van der Waals surface area (Å²) in [5.74, 6) is -2.68. The van der Waals surface area contributed by atoms with Gasteiger partial charge in [-0.25, -0.2) is 13.2 Å². The lowest BCUT2D eigenvalue weighted by Gasteiger charge is -2.39. The van der Waals surface area contributed by atoms with Gasteiger partial charge in [-0.3, -0.25) is 9.48 Å². The third-order valence-corrected chi connectivity index (χ3v) is 6.19. The number of hydrogen-bond acceptors (Lipinski definition) is 5. The Morgan fingerprint density at radius 2 is 1.79 bits per heavy atom. The summed E-state index contributed by atoms with van der Waals surface area (Å²) >= 11 is 0. The predicted molar refractivity (Wildman–Crippen MR) is 121 cm³/mol. The van der Waals surface area contributed by atoms with Crippen LogP contribution in [0.5, 0.6) is 0 Å². The number of nitrogens with one attached hydrogen (secondary N) is 2. The molecule has 1 heterocycles. The third kappa shape index (κ3) is 4.83. The van der Waals surface area contributed by atoms with Crippen LogP contribution in [0.2, 0.25) is 0 Å². The average molecular weight is 468 g/mol. The Morgan fingerprint density at radius 1 is 1.12 bits per heavy atom. The van der Waals surface area contributed by atoms with Crippen LogP contribution in [0, 0.1) is 28.8 Å². The van der Waals surface area contributed by atoms with Gasteiger partial charge in [0.1, 0.15) is 11.4 Å². The van der Waals surface area contributed by atoms with Gasteiger partial charge in [0.15, 0.2) is 17.5 Å². The van der Waals surface area contributed by atoms with Crippen molar-refractivity contribution < 1.29 is 18.0 Å². The van der Waals surface area contributed by atoms with Crippen molar-refractivity contribution in [1.29, 1.82) is 5.26 Å². The number of nitriles is 1. The Hall–Kier alpha value is -4.00. The van der Waals surface area contributed by atoms with Crippen LogP contribution in [-0.2, 0) is 5.54 Å². The minimum absolute atomic E-state index is 0.000312. The summed E-state index contributed by atoms with van der Waals surface area (Å²) in [5, 5.41) is 20.3. The van der Waals surface area contributed by atoms with Gasteiger partial charge >= 0.3 is 0 Å². The number of carbonyl (C=O) groups excluding carboxylic acids is 1. The molecule has 1 aliphatic carbocycles. The molecule has 10 heteroatoms. The van der Waals surface area contributed by atoms with E-state index >= 15 is 0 Å². The van der Waals surface area contributed by atoms with E-state index in [2.05, 4.69) is 21.8 Å². The summed E-state index contributed by atoms with van der Waals surface area (Å²) in [7, 11) is 0. The second-order valence-corrected chi connectivity index (χ2v) is 8.44. The molecule has 176 valence electrons. The SMILES string of the molecule is N#CCC1(n2cc(C(N)=O)c(Nc3ccc(F)cc3)n2)CCC(Nc2ccc(F)c(F)c2)CC1. The zero-order valence-electron chi connectivity index (χ0n) is 18.2. The Balaban J connectivity index is 1.54. The zero-order valence-corrected chi connectivity index (χ0v) is 18.2. The molecule has 1 amide bonds. The van der Waals surface area contributed by atoms with Gasteiger partial charge in [0.2, 0.25) is 0 Å². The molecule has 4 rings (SSSR count). The fraction of sp³-hybridized carbons (Fsp3) is 0.292. The van der Waals surface area contributed by atoms with Gasteiger partial charge in [-0.05, 0) is 62.1 Å². The number of primary amides is 1. The van der Waals surface area contributed by atoms with Crippen LogP contribution in [0.15, 0.2) is 48.7 Å². The van der Waals surface area contributed by atoms with E-state index in [1.54, 1.807) is 4.68 Å². The number of carbonyl (C=O) groups is 1. The van der Waals surface area contributed by atoms with Gasteiger partial charge in [-0.2, -0.15) is 10.4 Å². The largest absolute Gasteiger partial charge is 0.382 e. The molecule has 0 spiro atoms. The zero-order chi connectivity index (χ0) is 24.3. The third-order valence-electron chi connectivity index (χ3n) is 6.19. The van der Waals surface area contributed by atoms with E-state index in [4.69, 9.17) is 5.73 Å². The van der Waals surface area contributed by atoms with E-state index in [9.17, 15) is 23.2 Å². The van der Waals surface area contributed by atoms with E-state index in [1.807, 2.05) is 0 Å². The molecule has 2 aromatic carbocycles. The summed E-state index contributed by atoms with van der Waals surface area (Å²) in [6.07, 6.45) is 4.13. The molecule has 0 radical (unpaired) electrons. The number of benzene rings is 2. The number of hydrogen-bond donors (Lipinski definition) is 3. The van der Waals surface area contributed by atoms with E-state index < -0.39 is 28.9 Å². The monoisotopic (exact) mass is 468 g/mol. The Labute approximate surface area is 194 Å². The highest BCUT2D eigenvalue weighted by molar-refractivity contribution is 5.98. The molecule has 34 heavy (non-hydrogen) atoms. The number of nitrogens with zero attached hydrogens (tertiary/aromatic N) is 3. The van der Waals surface area contributed by atoms with Crippen molar-refractivity contribution in [2.24, 2.45) is 5.73 Å². The van der Waals surface area contributed by atoms with Crippen LogP contribution in [0.4, 0.5) is 30.4 Å². The minimum atomic E-state index is -0.920. The Morgan fingerprint density at radius 3 is 2.41 bits per heavy atom. The highest BCUT2D eigenvalue weighted by Gasteiger charge is 2.39. The Bertz CT molecular complexity index is 1230. The first-order valence-electron chi connectivity index (χ1n) is 10.8. The molecule has 3 aromatic rings. The maximum absolute atomic E-state index is 13.5. The molecule has 1 fully saturated rings. The average Bonchev–Trinajstić information content (AvgIpc) is 3.24. The summed E-state index contributed by atoms with van der Waals surface area (Å²) in [4.78, 5) is 12.1. The van der Waals surface area contributed by atoms with Crippen LogP contribution in [0.25, 0.3) is 0 Å². The summed E-state index contributed by atoms with van der Waals surface area (Å²) in [5.41, 5.74) is 6.07. The highest BCUT2D eigenvalue weighted by Crippen LogP contribution is 2.39. The summed E-state index contributed by atoms with van der Waals surface area (Å²) in [6.45, 7) is 0. The first-order valence-corrected chi connectivity index (χ1v) is 10.8. The van der Waals surface area contributed by atoms with Gasteiger partial charge < -0.3 is 16.4 Å². The lowest BCUT2D eigenvalue weighted by Crippen LogP contribution is -2.41. The van der Waals surface area contributed by atoms with Crippen molar-refractivity contribution in [2.75, 3.05) is 10.6 Å². The first kappa shape index (κ1) is 23.2. The minimum Gasteiger partial charge on any atom is -0.382 e. The van der Waals surface area contributed by atoms with Crippen molar-refractivity contribution in [2.45, 2.75) is 43.7 Å². The maximum Gasteiger partial charge on any atom is 0.254 e. The second-order valence-electron chi connectivity index (χ2n) is 8.44. The van der Waals surface area contributed by atoms with Crippen LogP contribution in [0.1, 0.15) is 42.5 Å². The van der Waals surface area contributed by atoms with Crippen molar-refractivity contribution in [3.05, 3.63) is 71.7 Å². The molecule has 0 bridgehead atoms. The number of aromatic nitrogens is 2. The molecule has 1 aliphatic rings. The van der Waals surface area contributed by atoms with Crippen LogP contribution in [-0.4, -0.2) is 21.7 Å². The Kier molecular flexibility index (Phi) is 6.45. The van der Waals surface area contributed by atoms with E-state index in [0.717, 1.165) is 12.1 Å². The smallest absolute Gasteiger partial charge is 0.254 e. The number of anilines is 3. The van der Waals surface area contributed by atoms with Crippen LogP contribution < -0.4 is 16.4 Å². The summed E-state index contributed by atoms with van der Waals surface area (Å²) in [6, 6.07) is 11.5. The number of rotatable bonds is 7. The quantitative estimate of drug-likeness (QED) is 0.461. The van der Waals surface area contributed by atoms with Gasteiger partial charge in [0.25, 0.3) is 5.91 Å². The van der Waals surface area contributed by atoms with Crippen molar-refractivity contribution in [3.8, 4) is 6.07 Å². The van der Waals surface area contributed by atoms with Gasteiger partial charge in [-0.15, -0.1) is 0 Å². The fourth-order valence-electron chi connectivity index (χ4n) is 4.31. The van der Waals surface area contributed by atoms with Gasteiger partial charge in [0.05, 0.1) is 18.0 Å². The van der Waals surface area contributed by atoms with E-state index in [0.29, 0.717) is 37.1 Å². The van der Waals surface area contributed by atoms with Crippen LogP contribution in [0.3, 0.4) is 0 Å². The molecule has 7 nitrogen and oxygen atoms in total. The summed E-state index contributed by atoms with van der Waals surface area (Å²) < 4.78 is 41.6. The lowest BCUT2D eigenvalue weighted by molar-refractivity contribution is 0.1000. The van der Waals surface area contributed by atoms with E-state index in [1.165, 1.54) is 36.5 Å². The van der Waals surface area contributed by atoms with Gasteiger partial charge in [0, 0.05) is 29.7 Å².